The summed E-state index contributed by atoms with van der Waals surface area (Å²) in [7, 11) is 0. The van der Waals surface area contributed by atoms with E-state index in [9.17, 15) is 14.3 Å². The molecule has 1 amide bonds. The molecule has 2 fully saturated rings. The average molecular weight is 536 g/mol. The number of ether oxygens (including phenoxy) is 2. The maximum absolute atomic E-state index is 13.5. The fraction of sp³-hybridized carbons (Fsp3) is 0.400. The molecule has 6 rings (SSSR count). The van der Waals surface area contributed by atoms with Gasteiger partial charge in [0, 0.05) is 23.1 Å². The Hall–Kier alpha value is -2.88. The lowest BCUT2D eigenvalue weighted by atomic mass is 9.98. The van der Waals surface area contributed by atoms with E-state index < -0.39 is 23.6 Å². The molecule has 2 aromatic carbocycles. The Balaban J connectivity index is 0.00000130. The van der Waals surface area contributed by atoms with Crippen LogP contribution in [0.1, 0.15) is 56.6 Å². The van der Waals surface area contributed by atoms with Crippen LogP contribution in [-0.4, -0.2) is 32.9 Å². The summed E-state index contributed by atoms with van der Waals surface area (Å²) in [6.07, 6.45) is -0.166. The highest BCUT2D eigenvalue weighted by atomic mass is 35.5. The molecule has 1 aliphatic heterocycles. The van der Waals surface area contributed by atoms with E-state index >= 15 is 0 Å². The Kier molecular flexibility index (Phi) is 6.34. The Morgan fingerprint density at radius 2 is 2.00 bits per heavy atom. The number of carbonyl (C=O) groups excluding carboxylic acids is 1. The molecule has 36 heavy (non-hydrogen) atoms. The third-order valence-corrected chi connectivity index (χ3v) is 7.24. The van der Waals surface area contributed by atoms with Crippen LogP contribution in [-0.2, 0) is 16.8 Å². The number of halogens is 3. The number of nitrogens with one attached hydrogen (secondary N) is 1. The molecule has 11 heteroatoms. The molecule has 0 spiro atoms. The van der Waals surface area contributed by atoms with Crippen molar-refractivity contribution in [3.63, 3.8) is 0 Å². The van der Waals surface area contributed by atoms with Crippen molar-refractivity contribution in [1.82, 2.24) is 15.5 Å². The number of rotatable bonds is 6. The highest BCUT2D eigenvalue weighted by Crippen LogP contribution is 2.78. The second-order valence-corrected chi connectivity index (χ2v) is 9.76. The zero-order valence-corrected chi connectivity index (χ0v) is 21.1. The first-order valence-electron chi connectivity index (χ1n) is 11.7. The summed E-state index contributed by atoms with van der Waals surface area (Å²) >= 11 is 11.7. The molecule has 8 nitrogen and oxygen atoms in total. The summed E-state index contributed by atoms with van der Waals surface area (Å²) < 4.78 is 30.6. The van der Waals surface area contributed by atoms with Crippen LogP contribution in [0, 0.1) is 5.82 Å². The number of nitrogens with zero attached hydrogens (tertiary/aromatic N) is 2. The average Bonchev–Trinajstić information content (AvgIpc) is 3.58. The standard InChI is InChI=1S/C23H18Cl2FN3O5.C2H6/c24-11-1-4-17-13(5-11)16(30)7-18(33-17)20(31)27-23-9-22(23,10-23)21-29-28-19(34-21)8-32-12-2-3-14(25)15(26)6-12;1-2/h1-6,16,18,30H,7-10H2,(H,27,31);1-2H3. The van der Waals surface area contributed by atoms with Gasteiger partial charge in [-0.05, 0) is 43.2 Å². The molecule has 1 aromatic heterocycles. The van der Waals surface area contributed by atoms with Crippen LogP contribution in [0.5, 0.6) is 11.5 Å². The van der Waals surface area contributed by atoms with Gasteiger partial charge in [-0.15, -0.1) is 10.2 Å². The van der Waals surface area contributed by atoms with Crippen LogP contribution in [0.3, 0.4) is 0 Å². The van der Waals surface area contributed by atoms with Crippen LogP contribution in [0.25, 0.3) is 0 Å². The van der Waals surface area contributed by atoms with Crippen molar-refractivity contribution in [2.45, 2.75) is 62.9 Å². The summed E-state index contributed by atoms with van der Waals surface area (Å²) in [6.45, 7) is 3.97. The van der Waals surface area contributed by atoms with Crippen LogP contribution in [0.2, 0.25) is 10.0 Å². The fourth-order valence-electron chi connectivity index (χ4n) is 4.57. The number of carbonyl (C=O) groups is 1. The van der Waals surface area contributed by atoms with E-state index in [1.54, 1.807) is 24.3 Å². The summed E-state index contributed by atoms with van der Waals surface area (Å²) in [5.74, 6) is 0.527. The number of aromatic nitrogens is 2. The number of aliphatic hydroxyl groups is 1. The molecule has 2 atom stereocenters. The summed E-state index contributed by atoms with van der Waals surface area (Å²) in [6, 6.07) is 9.07. The lowest BCUT2D eigenvalue weighted by molar-refractivity contribution is -0.131. The Bertz CT molecular complexity index is 1310. The number of aliphatic hydroxyl groups excluding tert-OH is 1. The van der Waals surface area contributed by atoms with Gasteiger partial charge in [0.1, 0.15) is 17.3 Å². The van der Waals surface area contributed by atoms with E-state index in [1.807, 2.05) is 13.8 Å². The van der Waals surface area contributed by atoms with Gasteiger partial charge in [-0.25, -0.2) is 4.39 Å². The van der Waals surface area contributed by atoms with Gasteiger partial charge >= 0.3 is 0 Å². The highest BCUT2D eigenvalue weighted by molar-refractivity contribution is 6.31. The van der Waals surface area contributed by atoms with Gasteiger partial charge in [-0.1, -0.05) is 37.0 Å². The Morgan fingerprint density at radius 3 is 2.75 bits per heavy atom. The number of fused-ring (bicyclic) bond motifs is 2. The largest absolute Gasteiger partial charge is 0.484 e. The molecule has 0 radical (unpaired) electrons. The predicted molar refractivity (Wildman–Crippen MR) is 129 cm³/mol. The van der Waals surface area contributed by atoms with Gasteiger partial charge in [0.15, 0.2) is 12.7 Å². The van der Waals surface area contributed by atoms with Crippen LogP contribution in [0.4, 0.5) is 4.39 Å². The summed E-state index contributed by atoms with van der Waals surface area (Å²) in [4.78, 5) is 12.9. The van der Waals surface area contributed by atoms with Gasteiger partial charge in [0.2, 0.25) is 5.89 Å². The highest BCUT2D eigenvalue weighted by Gasteiger charge is 2.88. The third-order valence-electron chi connectivity index (χ3n) is 6.70. The van der Waals surface area contributed by atoms with Crippen LogP contribution < -0.4 is 14.8 Å². The van der Waals surface area contributed by atoms with Gasteiger partial charge < -0.3 is 24.3 Å². The van der Waals surface area contributed by atoms with Gasteiger partial charge in [-0.3, -0.25) is 4.79 Å². The van der Waals surface area contributed by atoms with E-state index in [0.717, 1.165) is 0 Å². The minimum absolute atomic E-state index is 0.00845. The maximum Gasteiger partial charge on any atom is 0.261 e. The first-order valence-corrected chi connectivity index (χ1v) is 12.4. The first-order chi connectivity index (χ1) is 17.3. The molecule has 0 saturated heterocycles. The lowest BCUT2D eigenvalue weighted by Crippen LogP contribution is -2.44. The van der Waals surface area contributed by atoms with E-state index in [-0.39, 0.29) is 41.0 Å². The molecule has 2 unspecified atom stereocenters. The molecule has 3 aliphatic rings. The van der Waals surface area contributed by atoms with Crippen molar-refractivity contribution in [2.75, 3.05) is 0 Å². The van der Waals surface area contributed by atoms with Crippen molar-refractivity contribution in [3.05, 3.63) is 69.6 Å². The van der Waals surface area contributed by atoms with E-state index in [1.165, 1.54) is 12.1 Å². The zero-order valence-electron chi connectivity index (χ0n) is 19.6. The molecule has 0 bridgehead atoms. The van der Waals surface area contributed by atoms with Crippen molar-refractivity contribution >= 4 is 29.1 Å². The van der Waals surface area contributed by atoms with E-state index in [4.69, 9.17) is 37.1 Å². The molecule has 2 aliphatic carbocycles. The molecule has 2 saturated carbocycles. The van der Waals surface area contributed by atoms with Crippen molar-refractivity contribution < 1.29 is 28.2 Å². The SMILES string of the molecule is CC.O=C(NC12CC1(c1nnc(COc3ccc(Cl)c(F)c3)o1)C2)C1CC(O)c2cc(Cl)ccc2O1. The zero-order chi connectivity index (χ0) is 25.7. The number of hydrogen-bond acceptors (Lipinski definition) is 7. The van der Waals surface area contributed by atoms with Crippen molar-refractivity contribution in [2.24, 2.45) is 0 Å². The van der Waals surface area contributed by atoms with Gasteiger partial charge in [-0.2, -0.15) is 0 Å². The molecular weight excluding hydrogens is 512 g/mol. The number of benzene rings is 2. The van der Waals surface area contributed by atoms with E-state index in [2.05, 4.69) is 15.5 Å². The Labute approximate surface area is 216 Å². The Morgan fingerprint density at radius 1 is 1.22 bits per heavy atom. The topological polar surface area (TPSA) is 107 Å². The van der Waals surface area contributed by atoms with Gasteiger partial charge in [0.25, 0.3) is 11.8 Å². The number of hydrogen-bond donors (Lipinski definition) is 2. The normalized spacial score (nSPS) is 26.9. The molecule has 2 heterocycles. The second kappa shape index (κ2) is 9.21. The fourth-order valence-corrected chi connectivity index (χ4v) is 4.86. The smallest absolute Gasteiger partial charge is 0.261 e. The van der Waals surface area contributed by atoms with Crippen molar-refractivity contribution in [3.8, 4) is 11.5 Å². The minimum atomic E-state index is -0.841. The third kappa shape index (κ3) is 4.29. The quantitative estimate of drug-likeness (QED) is 0.461. The molecule has 2 N–H and O–H groups in total. The summed E-state index contributed by atoms with van der Waals surface area (Å²) in [5, 5.41) is 22.1. The van der Waals surface area contributed by atoms with Gasteiger partial charge in [0.05, 0.1) is 22.1 Å². The van der Waals surface area contributed by atoms with Crippen LogP contribution in [0.15, 0.2) is 40.8 Å². The molecular formula is C25H24Cl2FN3O5. The monoisotopic (exact) mass is 535 g/mol. The molecule has 3 aromatic rings. The number of amides is 1. The maximum atomic E-state index is 13.5. The van der Waals surface area contributed by atoms with E-state index in [0.29, 0.717) is 35.1 Å². The summed E-state index contributed by atoms with van der Waals surface area (Å²) in [5.41, 5.74) is -0.259. The van der Waals surface area contributed by atoms with Crippen molar-refractivity contribution in [1.29, 1.82) is 0 Å². The first kappa shape index (κ1) is 24.8. The van der Waals surface area contributed by atoms with Crippen LogP contribution >= 0.6 is 23.2 Å². The molecule has 190 valence electrons. The minimum Gasteiger partial charge on any atom is -0.484 e. The second-order valence-electron chi connectivity index (χ2n) is 8.91. The lowest BCUT2D eigenvalue weighted by Gasteiger charge is -2.29. The predicted octanol–water partition coefficient (Wildman–Crippen LogP) is 4.91.